The van der Waals surface area contributed by atoms with E-state index in [4.69, 9.17) is 15.7 Å². The standard InChI is InChI=1S/C11H24N4O4S/c1-15-6-4-11(5-7-15,10(12)13-16)14-20(17,18)9-3-8-19-2/h14,16H,3-9H2,1-2H3,(H2,12,13). The Kier molecular flexibility index (Phi) is 6.18. The Labute approximate surface area is 120 Å². The first kappa shape index (κ1) is 17.2. The van der Waals surface area contributed by atoms with Crippen LogP contribution in [0.1, 0.15) is 19.3 Å². The van der Waals surface area contributed by atoms with Gasteiger partial charge in [0.2, 0.25) is 10.0 Å². The highest BCUT2D eigenvalue weighted by Gasteiger charge is 2.41. The number of ether oxygens (including phenoxy) is 1. The number of hydrogen-bond donors (Lipinski definition) is 3. The number of hydrogen-bond acceptors (Lipinski definition) is 6. The van der Waals surface area contributed by atoms with Crippen LogP contribution in [0.15, 0.2) is 5.16 Å². The molecule has 1 fully saturated rings. The number of nitrogens with one attached hydrogen (secondary N) is 1. The summed E-state index contributed by atoms with van der Waals surface area (Å²) in [5.41, 5.74) is 4.73. The molecule has 0 aromatic heterocycles. The van der Waals surface area contributed by atoms with Crippen LogP contribution in [0.4, 0.5) is 0 Å². The molecule has 0 saturated carbocycles. The summed E-state index contributed by atoms with van der Waals surface area (Å²) in [6, 6.07) is 0. The summed E-state index contributed by atoms with van der Waals surface area (Å²) in [6.07, 6.45) is 1.35. The van der Waals surface area contributed by atoms with Gasteiger partial charge in [0, 0.05) is 26.8 Å². The van der Waals surface area contributed by atoms with E-state index in [1.54, 1.807) is 0 Å². The van der Waals surface area contributed by atoms with E-state index in [-0.39, 0.29) is 11.6 Å². The van der Waals surface area contributed by atoms with Crippen LogP contribution < -0.4 is 10.5 Å². The second-order valence-corrected chi connectivity index (χ2v) is 6.98. The third kappa shape index (κ3) is 4.58. The minimum atomic E-state index is -3.50. The average Bonchev–Trinajstić information content (AvgIpc) is 2.40. The maximum atomic E-state index is 12.1. The number of likely N-dealkylation sites (tertiary alicyclic amines) is 1. The van der Waals surface area contributed by atoms with E-state index in [0.717, 1.165) is 0 Å². The minimum Gasteiger partial charge on any atom is -0.409 e. The first-order valence-corrected chi connectivity index (χ1v) is 8.17. The van der Waals surface area contributed by atoms with Gasteiger partial charge in [0.1, 0.15) is 0 Å². The Morgan fingerprint density at radius 3 is 2.60 bits per heavy atom. The van der Waals surface area contributed by atoms with Crippen molar-refractivity contribution < 1.29 is 18.4 Å². The van der Waals surface area contributed by atoms with Crippen LogP contribution >= 0.6 is 0 Å². The SMILES string of the molecule is COCCCS(=O)(=O)NC1(C(N)=NO)CCN(C)CC1. The van der Waals surface area contributed by atoms with Crippen molar-refractivity contribution in [1.29, 1.82) is 0 Å². The Morgan fingerprint density at radius 1 is 1.50 bits per heavy atom. The molecule has 0 bridgehead atoms. The van der Waals surface area contributed by atoms with Gasteiger partial charge in [-0.05, 0) is 26.3 Å². The van der Waals surface area contributed by atoms with Crippen LogP contribution in [0, 0.1) is 0 Å². The van der Waals surface area contributed by atoms with Crippen molar-refractivity contribution in [2.45, 2.75) is 24.8 Å². The molecule has 20 heavy (non-hydrogen) atoms. The van der Waals surface area contributed by atoms with Gasteiger partial charge in [0.05, 0.1) is 11.3 Å². The summed E-state index contributed by atoms with van der Waals surface area (Å²) in [5.74, 6) is -0.127. The number of rotatable bonds is 7. The molecule has 1 saturated heterocycles. The first-order chi connectivity index (χ1) is 9.35. The molecule has 1 rings (SSSR count). The Morgan fingerprint density at radius 2 is 2.10 bits per heavy atom. The molecule has 0 atom stereocenters. The lowest BCUT2D eigenvalue weighted by atomic mass is 9.88. The van der Waals surface area contributed by atoms with E-state index in [9.17, 15) is 8.42 Å². The van der Waals surface area contributed by atoms with Gasteiger partial charge in [-0.3, -0.25) is 0 Å². The van der Waals surface area contributed by atoms with Crippen molar-refractivity contribution in [3.8, 4) is 0 Å². The van der Waals surface area contributed by atoms with E-state index >= 15 is 0 Å². The minimum absolute atomic E-state index is 0.0445. The predicted molar refractivity (Wildman–Crippen MR) is 76.3 cm³/mol. The third-order valence-corrected chi connectivity index (χ3v) is 5.08. The van der Waals surface area contributed by atoms with Crippen LogP contribution in [0.3, 0.4) is 0 Å². The summed E-state index contributed by atoms with van der Waals surface area (Å²) >= 11 is 0. The maximum absolute atomic E-state index is 12.1. The lowest BCUT2D eigenvalue weighted by Gasteiger charge is -2.39. The monoisotopic (exact) mass is 308 g/mol. The zero-order valence-corrected chi connectivity index (χ0v) is 12.8. The molecular weight excluding hydrogens is 284 g/mol. The largest absolute Gasteiger partial charge is 0.409 e. The number of amidine groups is 1. The van der Waals surface area contributed by atoms with E-state index < -0.39 is 15.6 Å². The number of piperidine rings is 1. The second-order valence-electron chi connectivity index (χ2n) is 5.14. The van der Waals surface area contributed by atoms with Crippen LogP contribution in [0.25, 0.3) is 0 Å². The third-order valence-electron chi connectivity index (χ3n) is 3.55. The molecule has 0 radical (unpaired) electrons. The van der Waals surface area contributed by atoms with Crippen molar-refractivity contribution in [2.75, 3.05) is 39.6 Å². The number of nitrogens with two attached hydrogens (primary N) is 1. The quantitative estimate of drug-likeness (QED) is 0.185. The van der Waals surface area contributed by atoms with Gasteiger partial charge < -0.3 is 20.6 Å². The van der Waals surface area contributed by atoms with Crippen LogP contribution in [0.2, 0.25) is 0 Å². The van der Waals surface area contributed by atoms with Crippen molar-refractivity contribution in [3.05, 3.63) is 0 Å². The van der Waals surface area contributed by atoms with E-state index in [2.05, 4.69) is 14.8 Å². The van der Waals surface area contributed by atoms with Crippen LogP contribution in [-0.4, -0.2) is 69.5 Å². The Bertz CT molecular complexity index is 430. The normalized spacial score (nSPS) is 21.0. The van der Waals surface area contributed by atoms with Crippen molar-refractivity contribution in [3.63, 3.8) is 0 Å². The fourth-order valence-corrected chi connectivity index (χ4v) is 3.75. The molecule has 0 aliphatic carbocycles. The molecule has 9 heteroatoms. The van der Waals surface area contributed by atoms with Gasteiger partial charge in [-0.15, -0.1) is 0 Å². The fourth-order valence-electron chi connectivity index (χ4n) is 2.25. The van der Waals surface area contributed by atoms with Gasteiger partial charge in [0.15, 0.2) is 5.84 Å². The molecular formula is C11H24N4O4S. The number of methoxy groups -OCH3 is 1. The Balaban J connectivity index is 2.80. The number of sulfonamides is 1. The summed E-state index contributed by atoms with van der Waals surface area (Å²) in [4.78, 5) is 2.07. The molecule has 118 valence electrons. The Hall–Kier alpha value is -0.900. The van der Waals surface area contributed by atoms with Crippen molar-refractivity contribution in [2.24, 2.45) is 10.9 Å². The van der Waals surface area contributed by atoms with Crippen molar-refractivity contribution in [1.82, 2.24) is 9.62 Å². The second kappa shape index (κ2) is 7.21. The van der Waals surface area contributed by atoms with Gasteiger partial charge >= 0.3 is 0 Å². The van der Waals surface area contributed by atoms with Gasteiger partial charge in [0.25, 0.3) is 0 Å². The zero-order valence-electron chi connectivity index (χ0n) is 12.0. The topological polar surface area (TPSA) is 117 Å². The smallest absolute Gasteiger partial charge is 0.212 e. The lowest BCUT2D eigenvalue weighted by molar-refractivity contribution is 0.198. The maximum Gasteiger partial charge on any atom is 0.212 e. The highest BCUT2D eigenvalue weighted by Crippen LogP contribution is 2.23. The molecule has 8 nitrogen and oxygen atoms in total. The molecule has 1 aliphatic rings. The lowest BCUT2D eigenvalue weighted by Crippen LogP contribution is -2.62. The molecule has 0 spiro atoms. The number of nitrogens with zero attached hydrogens (tertiary/aromatic N) is 2. The molecule has 0 aromatic rings. The average molecular weight is 308 g/mol. The van der Waals surface area contributed by atoms with Gasteiger partial charge in [-0.25, -0.2) is 13.1 Å². The molecule has 1 aliphatic heterocycles. The molecule has 4 N–H and O–H groups in total. The first-order valence-electron chi connectivity index (χ1n) is 6.52. The number of oxime groups is 1. The predicted octanol–water partition coefficient (Wildman–Crippen LogP) is -0.847. The summed E-state index contributed by atoms with van der Waals surface area (Å²) < 4.78 is 31.7. The molecule has 1 heterocycles. The van der Waals surface area contributed by atoms with E-state index in [0.29, 0.717) is 39.0 Å². The molecule has 0 amide bonds. The van der Waals surface area contributed by atoms with E-state index in [1.807, 2.05) is 7.05 Å². The zero-order chi connectivity index (χ0) is 15.2. The molecule has 0 unspecified atom stereocenters. The summed E-state index contributed by atoms with van der Waals surface area (Å²) in [7, 11) is -0.0345. The van der Waals surface area contributed by atoms with Crippen LogP contribution in [-0.2, 0) is 14.8 Å². The highest BCUT2D eigenvalue weighted by atomic mass is 32.2. The van der Waals surface area contributed by atoms with Gasteiger partial charge in [-0.1, -0.05) is 5.16 Å². The van der Waals surface area contributed by atoms with Crippen molar-refractivity contribution >= 4 is 15.9 Å². The summed E-state index contributed by atoms with van der Waals surface area (Å²) in [5, 5.41) is 11.9. The fraction of sp³-hybridized carbons (Fsp3) is 0.909. The highest BCUT2D eigenvalue weighted by molar-refractivity contribution is 7.89. The molecule has 0 aromatic carbocycles. The summed E-state index contributed by atoms with van der Waals surface area (Å²) in [6.45, 7) is 1.73. The van der Waals surface area contributed by atoms with Crippen LogP contribution in [0.5, 0.6) is 0 Å². The van der Waals surface area contributed by atoms with Gasteiger partial charge in [-0.2, -0.15) is 0 Å². The van der Waals surface area contributed by atoms with E-state index in [1.165, 1.54) is 7.11 Å².